The van der Waals surface area contributed by atoms with Gasteiger partial charge in [0.2, 0.25) is 0 Å². The Labute approximate surface area is 131 Å². The molecule has 1 heterocycles. The molecule has 1 saturated heterocycles. The number of hydrogen-bond acceptors (Lipinski definition) is 3. The van der Waals surface area contributed by atoms with Crippen molar-refractivity contribution in [3.8, 4) is 0 Å². The van der Waals surface area contributed by atoms with Crippen LogP contribution in [-0.4, -0.2) is 37.0 Å². The molecule has 0 saturated carbocycles. The molecule has 0 N–H and O–H groups in total. The number of methoxy groups -OCH3 is 1. The molecule has 1 unspecified atom stereocenters. The molecule has 0 bridgehead atoms. The summed E-state index contributed by atoms with van der Waals surface area (Å²) in [6, 6.07) is 5.17. The van der Waals surface area contributed by atoms with Crippen LogP contribution in [0.2, 0.25) is 5.02 Å². The minimum absolute atomic E-state index is 0.148. The largest absolute Gasteiger partial charge is 0.469 e. The number of carbonyl (C=O) groups excluding carboxylic acids is 2. The number of amides is 1. The first-order chi connectivity index (χ1) is 9.52. The van der Waals surface area contributed by atoms with E-state index in [-0.39, 0.29) is 17.8 Å². The highest BCUT2D eigenvalue weighted by Crippen LogP contribution is 2.25. The van der Waals surface area contributed by atoms with Gasteiger partial charge in [-0.15, -0.1) is 0 Å². The standard InChI is InChI=1S/C14H15BrClNO3/c1-20-14(19)9-3-2-6-17(8-9)13(18)11-7-10(15)4-5-12(11)16/h4-5,7,9H,2-3,6,8H2,1H3. The minimum atomic E-state index is -0.261. The fourth-order valence-electron chi connectivity index (χ4n) is 2.35. The van der Waals surface area contributed by atoms with Gasteiger partial charge in [0.05, 0.1) is 23.6 Å². The number of esters is 1. The van der Waals surface area contributed by atoms with E-state index in [1.807, 2.05) is 0 Å². The lowest BCUT2D eigenvalue weighted by Crippen LogP contribution is -2.42. The molecule has 0 spiro atoms. The highest BCUT2D eigenvalue weighted by Gasteiger charge is 2.30. The average Bonchev–Trinajstić information content (AvgIpc) is 2.48. The van der Waals surface area contributed by atoms with Crippen LogP contribution in [0.15, 0.2) is 22.7 Å². The Kier molecular flexibility index (Phi) is 5.05. The molecule has 1 amide bonds. The summed E-state index contributed by atoms with van der Waals surface area (Å²) < 4.78 is 5.55. The van der Waals surface area contributed by atoms with Crippen molar-refractivity contribution in [3.63, 3.8) is 0 Å². The zero-order valence-electron chi connectivity index (χ0n) is 11.1. The third kappa shape index (κ3) is 3.33. The molecule has 20 heavy (non-hydrogen) atoms. The minimum Gasteiger partial charge on any atom is -0.469 e. The average molecular weight is 361 g/mol. The second-order valence-electron chi connectivity index (χ2n) is 4.74. The molecule has 6 heteroatoms. The van der Waals surface area contributed by atoms with E-state index < -0.39 is 0 Å². The van der Waals surface area contributed by atoms with Gasteiger partial charge in [0, 0.05) is 17.6 Å². The van der Waals surface area contributed by atoms with Gasteiger partial charge in [-0.1, -0.05) is 27.5 Å². The topological polar surface area (TPSA) is 46.6 Å². The van der Waals surface area contributed by atoms with Gasteiger partial charge < -0.3 is 9.64 Å². The van der Waals surface area contributed by atoms with Crippen LogP contribution < -0.4 is 0 Å². The van der Waals surface area contributed by atoms with E-state index in [4.69, 9.17) is 16.3 Å². The van der Waals surface area contributed by atoms with Crippen molar-refractivity contribution in [2.24, 2.45) is 5.92 Å². The number of halogens is 2. The molecule has 1 aliphatic heterocycles. The van der Waals surface area contributed by atoms with E-state index in [0.717, 1.165) is 17.3 Å². The molecule has 108 valence electrons. The summed E-state index contributed by atoms with van der Waals surface area (Å²) in [7, 11) is 1.37. The molecule has 4 nitrogen and oxygen atoms in total. The quantitative estimate of drug-likeness (QED) is 0.761. The monoisotopic (exact) mass is 359 g/mol. The molecule has 2 rings (SSSR count). The molecule has 0 aromatic heterocycles. The Hall–Kier alpha value is -1.07. The van der Waals surface area contributed by atoms with Gasteiger partial charge >= 0.3 is 5.97 Å². The molecule has 0 radical (unpaired) electrons. The normalized spacial score (nSPS) is 18.8. The van der Waals surface area contributed by atoms with Crippen LogP contribution in [0.3, 0.4) is 0 Å². The van der Waals surface area contributed by atoms with Crippen LogP contribution >= 0.6 is 27.5 Å². The van der Waals surface area contributed by atoms with E-state index >= 15 is 0 Å². The number of likely N-dealkylation sites (tertiary alicyclic amines) is 1. The lowest BCUT2D eigenvalue weighted by molar-refractivity contribution is -0.146. The van der Waals surface area contributed by atoms with Crippen molar-refractivity contribution in [1.82, 2.24) is 4.90 Å². The number of nitrogens with zero attached hydrogens (tertiary/aromatic N) is 1. The van der Waals surface area contributed by atoms with Gasteiger partial charge in [-0.3, -0.25) is 9.59 Å². The van der Waals surface area contributed by atoms with Crippen LogP contribution in [0.5, 0.6) is 0 Å². The Bertz CT molecular complexity index is 535. The molecule has 1 fully saturated rings. The first-order valence-electron chi connectivity index (χ1n) is 6.35. The Morgan fingerprint density at radius 2 is 2.20 bits per heavy atom. The second-order valence-corrected chi connectivity index (χ2v) is 6.06. The number of ether oxygens (including phenoxy) is 1. The fraction of sp³-hybridized carbons (Fsp3) is 0.429. The number of benzene rings is 1. The zero-order chi connectivity index (χ0) is 14.7. The molecule has 1 aromatic carbocycles. The lowest BCUT2D eigenvalue weighted by atomic mass is 9.97. The number of piperidine rings is 1. The zero-order valence-corrected chi connectivity index (χ0v) is 13.4. The highest BCUT2D eigenvalue weighted by atomic mass is 79.9. The van der Waals surface area contributed by atoms with Crippen LogP contribution in [-0.2, 0) is 9.53 Å². The van der Waals surface area contributed by atoms with Crippen molar-refractivity contribution in [2.75, 3.05) is 20.2 Å². The van der Waals surface area contributed by atoms with Gasteiger partial charge in [-0.2, -0.15) is 0 Å². The molecule has 1 atom stereocenters. The first kappa shape index (κ1) is 15.3. The molecule has 0 aliphatic carbocycles. The van der Waals surface area contributed by atoms with E-state index in [9.17, 15) is 9.59 Å². The van der Waals surface area contributed by atoms with E-state index in [2.05, 4.69) is 15.9 Å². The Balaban J connectivity index is 2.16. The number of hydrogen-bond donors (Lipinski definition) is 0. The maximum atomic E-state index is 12.5. The summed E-state index contributed by atoms with van der Waals surface area (Å²) in [5.41, 5.74) is 0.451. The van der Waals surface area contributed by atoms with Crippen LogP contribution in [0.4, 0.5) is 0 Å². The fourth-order valence-corrected chi connectivity index (χ4v) is 2.91. The van der Waals surface area contributed by atoms with E-state index in [1.54, 1.807) is 23.1 Å². The van der Waals surface area contributed by atoms with Gasteiger partial charge in [0.25, 0.3) is 5.91 Å². The Morgan fingerprint density at radius 3 is 2.90 bits per heavy atom. The molecular formula is C14H15BrClNO3. The van der Waals surface area contributed by atoms with Gasteiger partial charge in [0.1, 0.15) is 0 Å². The second kappa shape index (κ2) is 6.59. The van der Waals surface area contributed by atoms with Gasteiger partial charge in [-0.25, -0.2) is 0 Å². The number of carbonyl (C=O) groups is 2. The summed E-state index contributed by atoms with van der Waals surface area (Å²) in [4.78, 5) is 25.8. The van der Waals surface area contributed by atoms with Crippen molar-refractivity contribution in [2.45, 2.75) is 12.8 Å². The Morgan fingerprint density at radius 1 is 1.45 bits per heavy atom. The molecular weight excluding hydrogens is 346 g/mol. The lowest BCUT2D eigenvalue weighted by Gasteiger charge is -2.31. The van der Waals surface area contributed by atoms with Crippen molar-refractivity contribution in [1.29, 1.82) is 0 Å². The predicted molar refractivity (Wildman–Crippen MR) is 79.8 cm³/mol. The third-order valence-corrected chi connectivity index (χ3v) is 4.22. The smallest absolute Gasteiger partial charge is 0.310 e. The summed E-state index contributed by atoms with van der Waals surface area (Å²) in [5.74, 6) is -0.656. The maximum Gasteiger partial charge on any atom is 0.310 e. The van der Waals surface area contributed by atoms with Gasteiger partial charge in [-0.05, 0) is 31.0 Å². The third-order valence-electron chi connectivity index (χ3n) is 3.40. The van der Waals surface area contributed by atoms with Crippen LogP contribution in [0.25, 0.3) is 0 Å². The summed E-state index contributed by atoms with van der Waals surface area (Å²) in [5, 5.41) is 0.415. The van der Waals surface area contributed by atoms with E-state index in [0.29, 0.717) is 23.7 Å². The molecule has 1 aliphatic rings. The van der Waals surface area contributed by atoms with Gasteiger partial charge in [0.15, 0.2) is 0 Å². The van der Waals surface area contributed by atoms with Crippen molar-refractivity contribution >= 4 is 39.4 Å². The number of rotatable bonds is 2. The highest BCUT2D eigenvalue weighted by molar-refractivity contribution is 9.10. The SMILES string of the molecule is COC(=O)C1CCCN(C(=O)c2cc(Br)ccc2Cl)C1. The molecule has 1 aromatic rings. The maximum absolute atomic E-state index is 12.5. The summed E-state index contributed by atoms with van der Waals surface area (Å²) >= 11 is 9.41. The van der Waals surface area contributed by atoms with Crippen molar-refractivity contribution < 1.29 is 14.3 Å². The predicted octanol–water partition coefficient (Wildman–Crippen LogP) is 3.13. The van der Waals surface area contributed by atoms with E-state index in [1.165, 1.54) is 7.11 Å². The van der Waals surface area contributed by atoms with Crippen LogP contribution in [0.1, 0.15) is 23.2 Å². The van der Waals surface area contributed by atoms with Crippen molar-refractivity contribution in [3.05, 3.63) is 33.3 Å². The first-order valence-corrected chi connectivity index (χ1v) is 7.52. The summed E-state index contributed by atoms with van der Waals surface area (Å²) in [6.07, 6.45) is 1.54. The van der Waals surface area contributed by atoms with Crippen LogP contribution in [0, 0.1) is 5.92 Å². The summed E-state index contributed by atoms with van der Waals surface area (Å²) in [6.45, 7) is 1.02.